The van der Waals surface area contributed by atoms with Gasteiger partial charge in [-0.25, -0.2) is 18.1 Å². The van der Waals surface area contributed by atoms with Crippen molar-refractivity contribution in [2.45, 2.75) is 17.7 Å². The second-order valence-electron chi connectivity index (χ2n) is 2.88. The van der Waals surface area contributed by atoms with Crippen LogP contribution in [-0.2, 0) is 14.8 Å². The van der Waals surface area contributed by atoms with Crippen LogP contribution in [0.5, 0.6) is 0 Å². The highest BCUT2D eigenvalue weighted by molar-refractivity contribution is 9.11. The Kier molecular flexibility index (Phi) is 4.42. The number of nitrogens with zero attached hydrogens (tertiary/aromatic N) is 1. The van der Waals surface area contributed by atoms with Gasteiger partial charge in [0.05, 0.1) is 15.9 Å². The second-order valence-corrected chi connectivity index (χ2v) is 7.14. The Morgan fingerprint density at radius 2 is 2.25 bits per heavy atom. The molecule has 0 spiro atoms. The summed E-state index contributed by atoms with van der Waals surface area (Å²) in [5.41, 5.74) is 0.587. The molecule has 0 unspecified atom stereocenters. The summed E-state index contributed by atoms with van der Waals surface area (Å²) in [6.45, 7) is 1.53. The van der Waals surface area contributed by atoms with E-state index >= 15 is 0 Å². The van der Waals surface area contributed by atoms with E-state index in [1.165, 1.54) is 0 Å². The van der Waals surface area contributed by atoms with E-state index in [2.05, 4.69) is 25.6 Å². The van der Waals surface area contributed by atoms with Gasteiger partial charge in [0.1, 0.15) is 0 Å². The molecule has 1 heterocycles. The van der Waals surface area contributed by atoms with Crippen molar-refractivity contribution >= 4 is 43.3 Å². The topological polar surface area (TPSA) is 96.4 Å². The van der Waals surface area contributed by atoms with Crippen molar-refractivity contribution in [1.29, 1.82) is 0 Å². The van der Waals surface area contributed by atoms with E-state index in [-0.39, 0.29) is 17.3 Å². The Morgan fingerprint density at radius 3 is 2.69 bits per heavy atom. The smallest absolute Gasteiger partial charge is 0.304 e. The number of nitrogens with one attached hydrogen (secondary N) is 1. The Hall–Kier alpha value is -0.510. The normalized spacial score (nSPS) is 11.6. The molecule has 0 fully saturated rings. The molecule has 1 aromatic heterocycles. The Labute approximate surface area is 105 Å². The molecule has 90 valence electrons. The molecule has 0 amide bonds. The first-order valence-corrected chi connectivity index (χ1v) is 7.26. The van der Waals surface area contributed by atoms with Crippen LogP contribution < -0.4 is 4.72 Å². The molecule has 1 rings (SSSR count). The highest BCUT2D eigenvalue weighted by Crippen LogP contribution is 2.26. The number of carboxylic acids is 1. The van der Waals surface area contributed by atoms with Crippen molar-refractivity contribution in [2.75, 3.05) is 6.54 Å². The van der Waals surface area contributed by atoms with E-state index in [1.54, 1.807) is 6.92 Å². The van der Waals surface area contributed by atoms with Gasteiger partial charge < -0.3 is 5.11 Å². The maximum atomic E-state index is 11.6. The van der Waals surface area contributed by atoms with E-state index in [0.29, 0.717) is 9.48 Å². The number of thiazole rings is 1. The Bertz CT molecular complexity index is 477. The first-order chi connectivity index (χ1) is 7.33. The molecule has 0 atom stereocenters. The maximum absolute atomic E-state index is 11.6. The average molecular weight is 329 g/mol. The summed E-state index contributed by atoms with van der Waals surface area (Å²) in [7, 11) is -3.69. The Morgan fingerprint density at radius 1 is 1.62 bits per heavy atom. The molecule has 0 radical (unpaired) electrons. The summed E-state index contributed by atoms with van der Waals surface area (Å²) in [5, 5.41) is 8.37. The standard InChI is InChI=1S/C7H9BrN2O4S2/c1-4-6(8)15-7(10-4)16(13,14)9-3-2-5(11)12/h9H,2-3H2,1H3,(H,11,12). The van der Waals surface area contributed by atoms with Crippen molar-refractivity contribution in [1.82, 2.24) is 9.71 Å². The largest absolute Gasteiger partial charge is 0.481 e. The predicted octanol–water partition coefficient (Wildman–Crippen LogP) is 0.967. The number of sulfonamides is 1. The molecule has 9 heteroatoms. The molecule has 16 heavy (non-hydrogen) atoms. The van der Waals surface area contributed by atoms with Gasteiger partial charge in [-0.05, 0) is 22.9 Å². The predicted molar refractivity (Wildman–Crippen MR) is 62.0 cm³/mol. The number of hydrogen-bond acceptors (Lipinski definition) is 5. The first kappa shape index (κ1) is 13.6. The number of halogens is 1. The van der Waals surface area contributed by atoms with Crippen molar-refractivity contribution in [2.24, 2.45) is 0 Å². The molecule has 6 nitrogen and oxygen atoms in total. The van der Waals surface area contributed by atoms with E-state index in [0.717, 1.165) is 11.3 Å². The number of aryl methyl sites for hydroxylation is 1. The van der Waals surface area contributed by atoms with Crippen LogP contribution in [0.1, 0.15) is 12.1 Å². The monoisotopic (exact) mass is 328 g/mol. The van der Waals surface area contributed by atoms with Gasteiger partial charge in [0.25, 0.3) is 10.0 Å². The number of aliphatic carboxylic acids is 1. The first-order valence-electron chi connectivity index (χ1n) is 4.17. The number of hydrogen-bond donors (Lipinski definition) is 2. The van der Waals surface area contributed by atoms with Crippen molar-refractivity contribution in [3.63, 3.8) is 0 Å². The third-order valence-electron chi connectivity index (χ3n) is 1.58. The minimum atomic E-state index is -3.69. The molecular weight excluding hydrogens is 320 g/mol. The zero-order chi connectivity index (χ0) is 12.3. The van der Waals surface area contributed by atoms with Crippen LogP contribution >= 0.6 is 27.3 Å². The van der Waals surface area contributed by atoms with Crippen molar-refractivity contribution < 1.29 is 18.3 Å². The van der Waals surface area contributed by atoms with Gasteiger partial charge in [-0.1, -0.05) is 11.3 Å². The van der Waals surface area contributed by atoms with Gasteiger partial charge in [0.2, 0.25) is 4.34 Å². The lowest BCUT2D eigenvalue weighted by atomic mass is 10.5. The van der Waals surface area contributed by atoms with E-state index < -0.39 is 16.0 Å². The average Bonchev–Trinajstić information content (AvgIpc) is 2.46. The third-order valence-corrected chi connectivity index (χ3v) is 5.42. The zero-order valence-electron chi connectivity index (χ0n) is 8.23. The quantitative estimate of drug-likeness (QED) is 0.839. The molecule has 0 saturated heterocycles. The summed E-state index contributed by atoms with van der Waals surface area (Å²) < 4.78 is 25.9. The summed E-state index contributed by atoms with van der Waals surface area (Å²) in [4.78, 5) is 14.1. The van der Waals surface area contributed by atoms with Crippen molar-refractivity contribution in [3.8, 4) is 0 Å². The van der Waals surface area contributed by atoms with Crippen LogP contribution in [-0.4, -0.2) is 31.0 Å². The molecule has 0 aliphatic carbocycles. The van der Waals surface area contributed by atoms with Crippen LogP contribution in [0.25, 0.3) is 0 Å². The van der Waals surface area contributed by atoms with E-state index in [1.807, 2.05) is 0 Å². The fraction of sp³-hybridized carbons (Fsp3) is 0.429. The molecule has 0 saturated carbocycles. The fourth-order valence-corrected chi connectivity index (χ4v) is 3.84. The highest BCUT2D eigenvalue weighted by atomic mass is 79.9. The van der Waals surface area contributed by atoms with E-state index in [9.17, 15) is 13.2 Å². The zero-order valence-corrected chi connectivity index (χ0v) is 11.4. The van der Waals surface area contributed by atoms with Crippen LogP contribution in [0.4, 0.5) is 0 Å². The lowest BCUT2D eigenvalue weighted by Gasteiger charge is -2.00. The molecule has 0 aliphatic heterocycles. The van der Waals surface area contributed by atoms with Gasteiger partial charge in [0.15, 0.2) is 0 Å². The number of rotatable bonds is 5. The fourth-order valence-electron chi connectivity index (χ4n) is 0.823. The second kappa shape index (κ2) is 5.21. The molecular formula is C7H9BrN2O4S2. The minimum Gasteiger partial charge on any atom is -0.481 e. The lowest BCUT2D eigenvalue weighted by Crippen LogP contribution is -2.26. The van der Waals surface area contributed by atoms with E-state index in [4.69, 9.17) is 5.11 Å². The molecule has 2 N–H and O–H groups in total. The van der Waals surface area contributed by atoms with Gasteiger partial charge in [0, 0.05) is 6.54 Å². The maximum Gasteiger partial charge on any atom is 0.304 e. The molecule has 0 aromatic carbocycles. The summed E-state index contributed by atoms with van der Waals surface area (Å²) in [5.74, 6) is -1.06. The van der Waals surface area contributed by atoms with Crippen LogP contribution in [0.3, 0.4) is 0 Å². The summed E-state index contributed by atoms with van der Waals surface area (Å²) >= 11 is 4.16. The van der Waals surface area contributed by atoms with Gasteiger partial charge >= 0.3 is 5.97 Å². The number of carboxylic acid groups (broad SMARTS) is 1. The minimum absolute atomic E-state index is 0.0673. The molecule has 1 aromatic rings. The highest BCUT2D eigenvalue weighted by Gasteiger charge is 2.19. The molecule has 0 aliphatic rings. The number of carbonyl (C=O) groups is 1. The summed E-state index contributed by atoms with van der Waals surface area (Å²) in [6.07, 6.45) is -0.259. The third kappa shape index (κ3) is 3.51. The SMILES string of the molecule is Cc1nc(S(=O)(=O)NCCC(=O)O)sc1Br. The summed E-state index contributed by atoms with van der Waals surface area (Å²) in [6, 6.07) is 0. The molecule has 0 bridgehead atoms. The van der Waals surface area contributed by atoms with Gasteiger partial charge in [-0.15, -0.1) is 0 Å². The van der Waals surface area contributed by atoms with Crippen LogP contribution in [0.15, 0.2) is 8.13 Å². The Balaban J connectivity index is 2.74. The number of aromatic nitrogens is 1. The van der Waals surface area contributed by atoms with Crippen molar-refractivity contribution in [3.05, 3.63) is 9.48 Å². The lowest BCUT2D eigenvalue weighted by molar-refractivity contribution is -0.136. The van der Waals surface area contributed by atoms with Gasteiger partial charge in [-0.3, -0.25) is 4.79 Å². The van der Waals surface area contributed by atoms with Gasteiger partial charge in [-0.2, -0.15) is 0 Å². The van der Waals surface area contributed by atoms with Crippen LogP contribution in [0.2, 0.25) is 0 Å². The van der Waals surface area contributed by atoms with Crippen LogP contribution in [0, 0.1) is 6.92 Å².